The van der Waals surface area contributed by atoms with Crippen LogP contribution in [-0.2, 0) is 0 Å². The van der Waals surface area contributed by atoms with Crippen LogP contribution in [-0.4, -0.2) is 10.1 Å². The fourth-order valence-electron chi connectivity index (χ4n) is 2.26. The highest BCUT2D eigenvalue weighted by Crippen LogP contribution is 2.31. The Kier molecular flexibility index (Phi) is 3.51. The number of hydrogen-bond donors (Lipinski definition) is 1. The van der Waals surface area contributed by atoms with Gasteiger partial charge in [-0.15, -0.1) is 0 Å². The Morgan fingerprint density at radius 3 is 2.65 bits per heavy atom. The quantitative estimate of drug-likeness (QED) is 0.762. The summed E-state index contributed by atoms with van der Waals surface area (Å²) in [4.78, 5) is 4.24. The molecule has 4 heteroatoms. The van der Waals surface area contributed by atoms with Gasteiger partial charge in [-0.3, -0.25) is 4.98 Å². The maximum absolute atomic E-state index is 14.1. The Bertz CT molecular complexity index is 770. The summed E-state index contributed by atoms with van der Waals surface area (Å²) in [5.74, 6) is -0.444. The molecule has 0 spiro atoms. The van der Waals surface area contributed by atoms with Crippen LogP contribution in [0, 0.1) is 5.82 Å². The molecule has 2 aromatic carbocycles. The molecule has 3 aromatic rings. The van der Waals surface area contributed by atoms with Gasteiger partial charge in [0.2, 0.25) is 0 Å². The Balaban J connectivity index is 2.18. The van der Waals surface area contributed by atoms with Crippen LogP contribution in [0.3, 0.4) is 0 Å². The predicted molar refractivity (Wildman–Crippen MR) is 79.9 cm³/mol. The third-order valence-corrected chi connectivity index (χ3v) is 3.87. The molecular formula is C16H11BrFNO. The minimum atomic E-state index is -1.03. The molecule has 1 N–H and O–H groups in total. The van der Waals surface area contributed by atoms with Crippen LogP contribution in [0.2, 0.25) is 0 Å². The van der Waals surface area contributed by atoms with E-state index < -0.39 is 11.9 Å². The van der Waals surface area contributed by atoms with E-state index in [0.717, 1.165) is 10.9 Å². The van der Waals surface area contributed by atoms with Gasteiger partial charge in [0.05, 0.1) is 9.99 Å². The van der Waals surface area contributed by atoms with Crippen LogP contribution >= 0.6 is 15.9 Å². The molecule has 20 heavy (non-hydrogen) atoms. The molecule has 1 atom stereocenters. The highest BCUT2D eigenvalue weighted by atomic mass is 79.9. The highest BCUT2D eigenvalue weighted by molar-refractivity contribution is 9.10. The van der Waals surface area contributed by atoms with Crippen LogP contribution in [0.4, 0.5) is 4.39 Å². The van der Waals surface area contributed by atoms with Crippen LogP contribution in [0.5, 0.6) is 0 Å². The zero-order valence-corrected chi connectivity index (χ0v) is 12.0. The number of rotatable bonds is 2. The second-order valence-electron chi connectivity index (χ2n) is 4.46. The lowest BCUT2D eigenvalue weighted by Crippen LogP contribution is -2.04. The van der Waals surface area contributed by atoms with Gasteiger partial charge >= 0.3 is 0 Å². The SMILES string of the molecule is OC(c1cccc(Br)c1F)c1ccnc2ccccc12. The first-order valence-corrected chi connectivity index (χ1v) is 6.93. The summed E-state index contributed by atoms with van der Waals surface area (Å²) in [5, 5.41) is 11.3. The molecule has 0 aliphatic carbocycles. The van der Waals surface area contributed by atoms with Gasteiger partial charge in [0.15, 0.2) is 0 Å². The number of nitrogens with zero attached hydrogens (tertiary/aromatic N) is 1. The van der Waals surface area contributed by atoms with Gasteiger partial charge in [-0.25, -0.2) is 4.39 Å². The molecule has 0 radical (unpaired) electrons. The fraction of sp³-hybridized carbons (Fsp3) is 0.0625. The number of fused-ring (bicyclic) bond motifs is 1. The second kappa shape index (κ2) is 5.31. The van der Waals surface area contributed by atoms with E-state index >= 15 is 0 Å². The van der Waals surface area contributed by atoms with E-state index in [9.17, 15) is 9.50 Å². The van der Waals surface area contributed by atoms with Crippen molar-refractivity contribution >= 4 is 26.8 Å². The summed E-state index contributed by atoms with van der Waals surface area (Å²) >= 11 is 3.14. The average Bonchev–Trinajstić information content (AvgIpc) is 2.49. The molecule has 0 saturated heterocycles. The smallest absolute Gasteiger partial charge is 0.143 e. The van der Waals surface area contributed by atoms with Crippen molar-refractivity contribution in [3.63, 3.8) is 0 Å². The summed E-state index contributed by atoms with van der Waals surface area (Å²) in [5.41, 5.74) is 1.67. The minimum absolute atomic E-state index is 0.246. The lowest BCUT2D eigenvalue weighted by atomic mass is 9.98. The van der Waals surface area contributed by atoms with E-state index in [0.29, 0.717) is 10.0 Å². The Morgan fingerprint density at radius 1 is 1.00 bits per heavy atom. The van der Waals surface area contributed by atoms with Crippen molar-refractivity contribution in [2.45, 2.75) is 6.10 Å². The number of benzene rings is 2. The highest BCUT2D eigenvalue weighted by Gasteiger charge is 2.18. The van der Waals surface area contributed by atoms with Crippen molar-refractivity contribution in [1.82, 2.24) is 4.98 Å². The van der Waals surface area contributed by atoms with E-state index in [1.165, 1.54) is 0 Å². The molecule has 0 aliphatic rings. The predicted octanol–water partition coefficient (Wildman–Crippen LogP) is 4.22. The third kappa shape index (κ3) is 2.21. The van der Waals surface area contributed by atoms with Crippen molar-refractivity contribution in [2.24, 2.45) is 0 Å². The summed E-state index contributed by atoms with van der Waals surface area (Å²) in [6.45, 7) is 0. The van der Waals surface area contributed by atoms with Crippen LogP contribution in [0.1, 0.15) is 17.2 Å². The number of hydrogen-bond acceptors (Lipinski definition) is 2. The largest absolute Gasteiger partial charge is 0.384 e. The number of aromatic nitrogens is 1. The molecule has 2 nitrogen and oxygen atoms in total. The zero-order valence-electron chi connectivity index (χ0n) is 10.4. The van der Waals surface area contributed by atoms with E-state index in [2.05, 4.69) is 20.9 Å². The first kappa shape index (κ1) is 13.2. The fourth-order valence-corrected chi connectivity index (χ4v) is 2.64. The van der Waals surface area contributed by atoms with Gasteiger partial charge in [0.25, 0.3) is 0 Å². The van der Waals surface area contributed by atoms with E-state index in [-0.39, 0.29) is 5.56 Å². The topological polar surface area (TPSA) is 33.1 Å². The summed E-state index contributed by atoms with van der Waals surface area (Å²) in [6, 6.07) is 14.1. The standard InChI is InChI=1S/C16H11BrFNO/c17-13-6-3-5-12(15(13)18)16(20)11-8-9-19-14-7-2-1-4-10(11)14/h1-9,16,20H. The van der Waals surface area contributed by atoms with Gasteiger partial charge in [-0.05, 0) is 39.7 Å². The first-order chi connectivity index (χ1) is 9.68. The normalized spacial score (nSPS) is 12.6. The van der Waals surface area contributed by atoms with Crippen molar-refractivity contribution in [1.29, 1.82) is 0 Å². The van der Waals surface area contributed by atoms with Crippen LogP contribution < -0.4 is 0 Å². The van der Waals surface area contributed by atoms with Gasteiger partial charge in [0.1, 0.15) is 11.9 Å². The summed E-state index contributed by atoms with van der Waals surface area (Å²) in [7, 11) is 0. The molecule has 0 aliphatic heterocycles. The zero-order chi connectivity index (χ0) is 14.1. The Hall–Kier alpha value is -1.78. The monoisotopic (exact) mass is 331 g/mol. The third-order valence-electron chi connectivity index (χ3n) is 3.25. The molecule has 1 unspecified atom stereocenters. The number of pyridine rings is 1. The number of halogens is 2. The van der Waals surface area contributed by atoms with Gasteiger partial charge in [0, 0.05) is 17.1 Å². The van der Waals surface area contributed by atoms with Crippen molar-refractivity contribution in [3.05, 3.63) is 76.1 Å². The number of aliphatic hydroxyl groups excluding tert-OH is 1. The summed E-state index contributed by atoms with van der Waals surface area (Å²) in [6.07, 6.45) is 0.594. The molecule has 1 aromatic heterocycles. The average molecular weight is 332 g/mol. The van der Waals surface area contributed by atoms with Crippen LogP contribution in [0.15, 0.2) is 59.2 Å². The lowest BCUT2D eigenvalue weighted by molar-refractivity contribution is 0.216. The molecule has 1 heterocycles. The molecule has 3 rings (SSSR count). The van der Waals surface area contributed by atoms with Gasteiger partial charge < -0.3 is 5.11 Å². The molecule has 0 bridgehead atoms. The molecular weight excluding hydrogens is 321 g/mol. The Morgan fingerprint density at radius 2 is 1.80 bits per heavy atom. The van der Waals surface area contributed by atoms with Crippen molar-refractivity contribution in [3.8, 4) is 0 Å². The lowest BCUT2D eigenvalue weighted by Gasteiger charge is -2.15. The minimum Gasteiger partial charge on any atom is -0.384 e. The second-order valence-corrected chi connectivity index (χ2v) is 5.32. The van der Waals surface area contributed by atoms with Crippen molar-refractivity contribution in [2.75, 3.05) is 0 Å². The van der Waals surface area contributed by atoms with Crippen LogP contribution in [0.25, 0.3) is 10.9 Å². The number of para-hydroxylation sites is 1. The molecule has 0 amide bonds. The van der Waals surface area contributed by atoms with Crippen molar-refractivity contribution < 1.29 is 9.50 Å². The molecule has 0 saturated carbocycles. The van der Waals surface area contributed by atoms with Gasteiger partial charge in [-0.1, -0.05) is 30.3 Å². The van der Waals surface area contributed by atoms with E-state index in [4.69, 9.17) is 0 Å². The maximum Gasteiger partial charge on any atom is 0.143 e. The van der Waals surface area contributed by atoms with Gasteiger partial charge in [-0.2, -0.15) is 0 Å². The molecule has 0 fully saturated rings. The van der Waals surface area contributed by atoms with E-state index in [1.807, 2.05) is 24.3 Å². The number of aliphatic hydroxyl groups is 1. The first-order valence-electron chi connectivity index (χ1n) is 6.14. The Labute approximate surface area is 124 Å². The van der Waals surface area contributed by atoms with E-state index in [1.54, 1.807) is 30.5 Å². The molecule has 100 valence electrons. The summed E-state index contributed by atoms with van der Waals surface area (Å²) < 4.78 is 14.5. The maximum atomic E-state index is 14.1.